The Kier molecular flexibility index (Phi) is 4.35. The lowest BCUT2D eigenvalue weighted by Gasteiger charge is -2.07. The van der Waals surface area contributed by atoms with Crippen LogP contribution in [0.5, 0.6) is 0 Å². The molecular formula is C15H15N5S2. The summed E-state index contributed by atoms with van der Waals surface area (Å²) < 4.78 is 7.11. The summed E-state index contributed by atoms with van der Waals surface area (Å²) in [6.07, 6.45) is 1.85. The van der Waals surface area contributed by atoms with Crippen molar-refractivity contribution >= 4 is 23.3 Å². The van der Waals surface area contributed by atoms with E-state index in [1.165, 1.54) is 28.9 Å². The summed E-state index contributed by atoms with van der Waals surface area (Å²) in [7, 11) is 0. The quantitative estimate of drug-likeness (QED) is 0.667. The molecule has 0 saturated heterocycles. The Labute approximate surface area is 137 Å². The second-order valence-corrected chi connectivity index (χ2v) is 6.75. The van der Waals surface area contributed by atoms with Gasteiger partial charge in [-0.2, -0.15) is 4.37 Å². The van der Waals surface area contributed by atoms with E-state index in [0.717, 1.165) is 26.7 Å². The molecule has 0 saturated carbocycles. The zero-order valence-corrected chi connectivity index (χ0v) is 14.0. The van der Waals surface area contributed by atoms with Gasteiger partial charge in [0.05, 0.1) is 0 Å². The molecular weight excluding hydrogens is 314 g/mol. The second-order valence-electron chi connectivity index (χ2n) is 4.78. The third-order valence-electron chi connectivity index (χ3n) is 2.99. The Balaban J connectivity index is 1.99. The predicted molar refractivity (Wildman–Crippen MR) is 89.2 cm³/mol. The minimum absolute atomic E-state index is 0.649. The van der Waals surface area contributed by atoms with Crippen molar-refractivity contribution in [2.45, 2.75) is 29.9 Å². The van der Waals surface area contributed by atoms with Gasteiger partial charge in [0.15, 0.2) is 15.3 Å². The Morgan fingerprint density at radius 3 is 2.86 bits per heavy atom. The Morgan fingerprint density at radius 2 is 2.18 bits per heavy atom. The number of rotatable bonds is 5. The average Bonchev–Trinajstić information content (AvgIpc) is 3.07. The van der Waals surface area contributed by atoms with Crippen molar-refractivity contribution in [2.24, 2.45) is 0 Å². The summed E-state index contributed by atoms with van der Waals surface area (Å²) in [6.45, 7) is 8.43. The van der Waals surface area contributed by atoms with Crippen LogP contribution in [-0.4, -0.2) is 24.1 Å². The van der Waals surface area contributed by atoms with E-state index in [1.54, 1.807) is 0 Å². The fourth-order valence-corrected chi connectivity index (χ4v) is 3.65. The maximum absolute atomic E-state index is 4.37. The summed E-state index contributed by atoms with van der Waals surface area (Å²) in [5.74, 6) is 1.62. The van der Waals surface area contributed by atoms with Crippen molar-refractivity contribution in [1.82, 2.24) is 24.1 Å². The molecule has 0 radical (unpaired) electrons. The molecule has 0 bridgehead atoms. The monoisotopic (exact) mass is 329 g/mol. The van der Waals surface area contributed by atoms with Crippen molar-refractivity contribution < 1.29 is 0 Å². The van der Waals surface area contributed by atoms with E-state index in [4.69, 9.17) is 0 Å². The predicted octanol–water partition coefficient (Wildman–Crippen LogP) is 3.75. The molecule has 0 amide bonds. The maximum Gasteiger partial charge on any atom is 0.198 e. The molecule has 0 fully saturated rings. The first-order valence-electron chi connectivity index (χ1n) is 6.76. The Morgan fingerprint density at radius 1 is 1.32 bits per heavy atom. The topological polar surface area (TPSA) is 56.5 Å². The smallest absolute Gasteiger partial charge is 0.198 e. The minimum atomic E-state index is 0.649. The van der Waals surface area contributed by atoms with Crippen LogP contribution in [0.4, 0.5) is 0 Å². The molecule has 5 nitrogen and oxygen atoms in total. The van der Waals surface area contributed by atoms with Gasteiger partial charge < -0.3 is 0 Å². The summed E-state index contributed by atoms with van der Waals surface area (Å²) in [6, 6.07) is 8.24. The summed E-state index contributed by atoms with van der Waals surface area (Å²) in [5.41, 5.74) is 2.24. The number of allylic oxidation sites excluding steroid dienone is 1. The largest absolute Gasteiger partial charge is 0.298 e. The third kappa shape index (κ3) is 3.10. The first-order chi connectivity index (χ1) is 10.7. The molecule has 2 aromatic heterocycles. The number of hydrogen-bond acceptors (Lipinski definition) is 6. The summed E-state index contributed by atoms with van der Waals surface area (Å²) in [4.78, 5) is 4.37. The Bertz CT molecular complexity index is 806. The minimum Gasteiger partial charge on any atom is -0.298 e. The molecule has 1 aromatic carbocycles. The highest BCUT2D eigenvalue weighted by Gasteiger charge is 2.15. The zero-order chi connectivity index (χ0) is 15.5. The van der Waals surface area contributed by atoms with Crippen molar-refractivity contribution in [3.05, 3.63) is 48.3 Å². The molecule has 0 unspecified atom stereocenters. The van der Waals surface area contributed by atoms with Gasteiger partial charge in [0, 0.05) is 12.1 Å². The molecule has 2 heterocycles. The summed E-state index contributed by atoms with van der Waals surface area (Å²) >= 11 is 2.85. The van der Waals surface area contributed by atoms with E-state index >= 15 is 0 Å². The van der Waals surface area contributed by atoms with Gasteiger partial charge in [0.1, 0.15) is 5.82 Å². The van der Waals surface area contributed by atoms with Gasteiger partial charge >= 0.3 is 0 Å². The lowest BCUT2D eigenvalue weighted by Crippen LogP contribution is -2.00. The highest BCUT2D eigenvalue weighted by atomic mass is 32.2. The van der Waals surface area contributed by atoms with Crippen molar-refractivity contribution in [3.63, 3.8) is 0 Å². The molecule has 0 aliphatic heterocycles. The fourth-order valence-electron chi connectivity index (χ4n) is 2.05. The van der Waals surface area contributed by atoms with Crippen LogP contribution in [0, 0.1) is 13.8 Å². The van der Waals surface area contributed by atoms with Gasteiger partial charge in [-0.25, -0.2) is 4.98 Å². The average molecular weight is 329 g/mol. The van der Waals surface area contributed by atoms with Crippen LogP contribution in [0.1, 0.15) is 11.4 Å². The number of aryl methyl sites for hydroxylation is 2. The van der Waals surface area contributed by atoms with Crippen LogP contribution in [0.2, 0.25) is 0 Å². The number of nitrogens with zero attached hydrogens (tertiary/aromatic N) is 5. The van der Waals surface area contributed by atoms with Gasteiger partial charge in [0.25, 0.3) is 0 Å². The molecule has 0 N–H and O–H groups in total. The van der Waals surface area contributed by atoms with E-state index in [-0.39, 0.29) is 0 Å². The zero-order valence-electron chi connectivity index (χ0n) is 12.4. The highest BCUT2D eigenvalue weighted by Crippen LogP contribution is 2.30. The molecule has 0 atom stereocenters. The van der Waals surface area contributed by atoms with E-state index in [0.29, 0.717) is 6.54 Å². The molecule has 3 rings (SSSR count). The van der Waals surface area contributed by atoms with Crippen LogP contribution in [0.25, 0.3) is 11.4 Å². The lowest BCUT2D eigenvalue weighted by atomic mass is 10.1. The van der Waals surface area contributed by atoms with Crippen molar-refractivity contribution in [1.29, 1.82) is 0 Å². The lowest BCUT2D eigenvalue weighted by molar-refractivity contribution is 0.731. The van der Waals surface area contributed by atoms with Crippen molar-refractivity contribution in [2.75, 3.05) is 0 Å². The first kappa shape index (κ1) is 14.9. The third-order valence-corrected chi connectivity index (χ3v) is 4.82. The highest BCUT2D eigenvalue weighted by molar-refractivity contribution is 8.00. The van der Waals surface area contributed by atoms with Gasteiger partial charge in [-0.15, -0.1) is 16.8 Å². The SMILES string of the molecule is C=CCn1c(Sc2nc(C)ns2)nnc1-c1cccc(C)c1. The van der Waals surface area contributed by atoms with Crippen LogP contribution < -0.4 is 0 Å². The van der Waals surface area contributed by atoms with Crippen LogP contribution in [0.3, 0.4) is 0 Å². The number of aromatic nitrogens is 5. The summed E-state index contributed by atoms with van der Waals surface area (Å²) in [5, 5.41) is 9.46. The van der Waals surface area contributed by atoms with Gasteiger partial charge in [0.2, 0.25) is 0 Å². The first-order valence-corrected chi connectivity index (χ1v) is 8.35. The normalized spacial score (nSPS) is 10.8. The van der Waals surface area contributed by atoms with E-state index in [2.05, 4.69) is 45.2 Å². The molecule has 0 spiro atoms. The van der Waals surface area contributed by atoms with Crippen LogP contribution in [0.15, 0.2) is 46.4 Å². The van der Waals surface area contributed by atoms with Crippen LogP contribution in [-0.2, 0) is 6.54 Å². The molecule has 0 aliphatic rings. The number of hydrogen-bond donors (Lipinski definition) is 0. The van der Waals surface area contributed by atoms with E-state index in [1.807, 2.05) is 29.7 Å². The van der Waals surface area contributed by atoms with E-state index < -0.39 is 0 Å². The fraction of sp³-hybridized carbons (Fsp3) is 0.200. The molecule has 7 heteroatoms. The standard InChI is InChI=1S/C15H15N5S2/c1-4-8-20-13(12-7-5-6-10(2)9-12)17-18-14(20)21-15-16-11(3)19-22-15/h4-7,9H,1,8H2,2-3H3. The molecule has 22 heavy (non-hydrogen) atoms. The van der Waals surface area contributed by atoms with Crippen molar-refractivity contribution in [3.8, 4) is 11.4 Å². The van der Waals surface area contributed by atoms with E-state index in [9.17, 15) is 0 Å². The van der Waals surface area contributed by atoms with Crippen LogP contribution >= 0.6 is 23.3 Å². The molecule has 112 valence electrons. The molecule has 0 aliphatic carbocycles. The number of benzene rings is 1. The maximum atomic E-state index is 4.37. The Hall–Kier alpha value is -1.99. The van der Waals surface area contributed by atoms with Gasteiger partial charge in [-0.05, 0) is 43.2 Å². The van der Waals surface area contributed by atoms with Gasteiger partial charge in [-0.1, -0.05) is 29.8 Å². The molecule has 3 aromatic rings. The van der Waals surface area contributed by atoms with Gasteiger partial charge in [-0.3, -0.25) is 4.57 Å². The second kappa shape index (κ2) is 6.41.